The van der Waals surface area contributed by atoms with Crippen molar-refractivity contribution in [2.45, 2.75) is 38.7 Å². The summed E-state index contributed by atoms with van der Waals surface area (Å²) in [5.41, 5.74) is 6.26. The van der Waals surface area contributed by atoms with Crippen LogP contribution >= 0.6 is 0 Å². The first-order chi connectivity index (χ1) is 12.5. The Kier molecular flexibility index (Phi) is 5.11. The Bertz CT molecular complexity index is 811. The van der Waals surface area contributed by atoms with Crippen LogP contribution in [0.2, 0.25) is 0 Å². The monoisotopic (exact) mass is 358 g/mol. The normalized spacial score (nSPS) is 13.4. The zero-order valence-electron chi connectivity index (χ0n) is 15.0. The number of benzene rings is 1. The number of hydrogen-bond acceptors (Lipinski definition) is 5. The van der Waals surface area contributed by atoms with Gasteiger partial charge >= 0.3 is 0 Å². The summed E-state index contributed by atoms with van der Waals surface area (Å²) in [6.45, 7) is 3.80. The van der Waals surface area contributed by atoms with Crippen molar-refractivity contribution in [3.05, 3.63) is 41.2 Å². The van der Waals surface area contributed by atoms with E-state index in [9.17, 15) is 9.59 Å². The van der Waals surface area contributed by atoms with Gasteiger partial charge in [0.05, 0.1) is 13.2 Å². The molecule has 3 N–H and O–H groups in total. The van der Waals surface area contributed by atoms with E-state index >= 15 is 0 Å². The number of hydrazine groups is 1. The molecule has 138 valence electrons. The Morgan fingerprint density at radius 2 is 1.88 bits per heavy atom. The number of hydrogen-bond donors (Lipinski definition) is 3. The molecule has 0 aliphatic heterocycles. The quantitative estimate of drug-likeness (QED) is 0.686. The molecule has 0 radical (unpaired) electrons. The molecule has 8 heteroatoms. The van der Waals surface area contributed by atoms with Crippen molar-refractivity contribution in [3.63, 3.8) is 0 Å². The van der Waals surface area contributed by atoms with E-state index in [0.29, 0.717) is 23.0 Å². The highest BCUT2D eigenvalue weighted by Crippen LogP contribution is 2.38. The van der Waals surface area contributed by atoms with Crippen molar-refractivity contribution in [2.24, 2.45) is 0 Å². The second-order valence-corrected chi connectivity index (χ2v) is 6.42. The van der Waals surface area contributed by atoms with Gasteiger partial charge in [0, 0.05) is 17.2 Å². The molecule has 0 saturated heterocycles. The van der Waals surface area contributed by atoms with Gasteiger partial charge in [0.15, 0.2) is 17.2 Å². The van der Waals surface area contributed by atoms with Gasteiger partial charge in [0.2, 0.25) is 0 Å². The molecule has 26 heavy (non-hydrogen) atoms. The van der Waals surface area contributed by atoms with Crippen molar-refractivity contribution >= 4 is 11.8 Å². The van der Waals surface area contributed by atoms with Gasteiger partial charge in [-0.1, -0.05) is 0 Å². The fourth-order valence-electron chi connectivity index (χ4n) is 2.47. The minimum absolute atomic E-state index is 0.0164. The van der Waals surface area contributed by atoms with Crippen molar-refractivity contribution in [1.29, 1.82) is 0 Å². The van der Waals surface area contributed by atoms with E-state index in [1.54, 1.807) is 24.3 Å². The molecule has 0 unspecified atom stereocenters. The number of carbonyl (C=O) groups is 2. The number of aromatic amines is 1. The third kappa shape index (κ3) is 4.14. The molecule has 1 fully saturated rings. The van der Waals surface area contributed by atoms with Gasteiger partial charge in [-0.25, -0.2) is 0 Å². The van der Waals surface area contributed by atoms with E-state index in [2.05, 4.69) is 21.0 Å². The maximum Gasteiger partial charge on any atom is 0.290 e. The summed E-state index contributed by atoms with van der Waals surface area (Å²) in [6, 6.07) is 6.52. The Morgan fingerprint density at radius 1 is 1.15 bits per heavy atom. The largest absolute Gasteiger partial charge is 0.493 e. The average Bonchev–Trinajstić information content (AvgIpc) is 3.36. The molecule has 2 amide bonds. The van der Waals surface area contributed by atoms with Crippen molar-refractivity contribution in [1.82, 2.24) is 21.0 Å². The highest BCUT2D eigenvalue weighted by Gasteiger charge is 2.26. The topological polar surface area (TPSA) is 105 Å². The van der Waals surface area contributed by atoms with Crippen LogP contribution in [0.1, 0.15) is 59.1 Å². The summed E-state index contributed by atoms with van der Waals surface area (Å²) in [6.07, 6.45) is 2.20. The number of aromatic nitrogens is 2. The van der Waals surface area contributed by atoms with Gasteiger partial charge in [-0.2, -0.15) is 5.10 Å². The first-order valence-electron chi connectivity index (χ1n) is 8.48. The molecule has 1 heterocycles. The van der Waals surface area contributed by atoms with Crippen LogP contribution < -0.4 is 20.3 Å². The number of amides is 2. The van der Waals surface area contributed by atoms with Gasteiger partial charge in [-0.15, -0.1) is 0 Å². The summed E-state index contributed by atoms with van der Waals surface area (Å²) in [4.78, 5) is 24.3. The third-order valence-electron chi connectivity index (χ3n) is 3.93. The highest BCUT2D eigenvalue weighted by atomic mass is 16.5. The first-order valence-corrected chi connectivity index (χ1v) is 8.48. The second kappa shape index (κ2) is 7.47. The van der Waals surface area contributed by atoms with E-state index in [0.717, 1.165) is 18.5 Å². The summed E-state index contributed by atoms with van der Waals surface area (Å²) in [5.74, 6) is 0.517. The smallest absolute Gasteiger partial charge is 0.290 e. The molecule has 0 spiro atoms. The molecule has 3 rings (SSSR count). The number of carbonyl (C=O) groups excluding carboxylic acids is 2. The van der Waals surface area contributed by atoms with Crippen LogP contribution in [0.3, 0.4) is 0 Å². The SMILES string of the molecule is COc1cc(C(=O)NNC(=O)c2cc(C3CC3)[nH]n2)ccc1OC(C)C. The van der Waals surface area contributed by atoms with Gasteiger partial charge in [-0.3, -0.25) is 25.5 Å². The molecule has 2 aromatic rings. The molecular formula is C18H22N4O4. The molecular weight excluding hydrogens is 336 g/mol. The molecule has 1 aliphatic rings. The van der Waals surface area contributed by atoms with Crippen LogP contribution in [0.5, 0.6) is 11.5 Å². The van der Waals surface area contributed by atoms with Crippen LogP contribution in [-0.4, -0.2) is 35.2 Å². The fraction of sp³-hybridized carbons (Fsp3) is 0.389. The van der Waals surface area contributed by atoms with Crippen molar-refractivity contribution in [3.8, 4) is 11.5 Å². The van der Waals surface area contributed by atoms with Crippen LogP contribution in [0.15, 0.2) is 24.3 Å². The zero-order chi connectivity index (χ0) is 18.7. The standard InChI is InChI=1S/C18H22N4O4/c1-10(2)26-15-7-6-12(8-16(15)25-3)17(23)21-22-18(24)14-9-13(19-20-14)11-4-5-11/h6-11H,4-5H2,1-3H3,(H,19,20)(H,21,23)(H,22,24). The summed E-state index contributed by atoms with van der Waals surface area (Å²) in [7, 11) is 1.50. The van der Waals surface area contributed by atoms with Crippen molar-refractivity contribution < 1.29 is 19.1 Å². The Labute approximate surface area is 151 Å². The van der Waals surface area contributed by atoms with Crippen LogP contribution in [0.4, 0.5) is 0 Å². The maximum absolute atomic E-state index is 12.3. The molecule has 8 nitrogen and oxygen atoms in total. The van der Waals surface area contributed by atoms with Crippen LogP contribution in [0, 0.1) is 0 Å². The van der Waals surface area contributed by atoms with Crippen LogP contribution in [0.25, 0.3) is 0 Å². The minimum Gasteiger partial charge on any atom is -0.493 e. The van der Waals surface area contributed by atoms with Gasteiger partial charge in [-0.05, 0) is 51.0 Å². The average molecular weight is 358 g/mol. The van der Waals surface area contributed by atoms with Gasteiger partial charge in [0.1, 0.15) is 0 Å². The minimum atomic E-state index is -0.478. The molecule has 1 saturated carbocycles. The molecule has 0 bridgehead atoms. The molecule has 1 aliphatic carbocycles. The Hall–Kier alpha value is -3.03. The molecule has 1 aromatic heterocycles. The van der Waals surface area contributed by atoms with Crippen molar-refractivity contribution in [2.75, 3.05) is 7.11 Å². The number of methoxy groups -OCH3 is 1. The summed E-state index contributed by atoms with van der Waals surface area (Å²) >= 11 is 0. The van der Waals surface area contributed by atoms with E-state index in [1.165, 1.54) is 7.11 Å². The lowest BCUT2D eigenvalue weighted by Gasteiger charge is -2.14. The maximum atomic E-state index is 12.3. The molecule has 0 atom stereocenters. The summed E-state index contributed by atoms with van der Waals surface area (Å²) < 4.78 is 10.9. The third-order valence-corrected chi connectivity index (χ3v) is 3.93. The number of rotatable bonds is 6. The van der Waals surface area contributed by atoms with E-state index in [1.807, 2.05) is 13.8 Å². The lowest BCUT2D eigenvalue weighted by molar-refractivity contribution is 0.0843. The zero-order valence-corrected chi connectivity index (χ0v) is 15.0. The fourth-order valence-corrected chi connectivity index (χ4v) is 2.47. The highest BCUT2D eigenvalue weighted by molar-refractivity contribution is 5.98. The number of H-pyrrole nitrogens is 1. The Morgan fingerprint density at radius 3 is 2.54 bits per heavy atom. The second-order valence-electron chi connectivity index (χ2n) is 6.42. The number of nitrogens with one attached hydrogen (secondary N) is 3. The van der Waals surface area contributed by atoms with Gasteiger partial charge < -0.3 is 9.47 Å². The van der Waals surface area contributed by atoms with Crippen LogP contribution in [-0.2, 0) is 0 Å². The molecule has 1 aromatic carbocycles. The first kappa shape index (κ1) is 17.8. The number of ether oxygens (including phenoxy) is 2. The van der Waals surface area contributed by atoms with E-state index < -0.39 is 11.8 Å². The lowest BCUT2D eigenvalue weighted by atomic mass is 10.2. The number of nitrogens with zero attached hydrogens (tertiary/aromatic N) is 1. The van der Waals surface area contributed by atoms with E-state index in [-0.39, 0.29) is 11.8 Å². The predicted molar refractivity (Wildman–Crippen MR) is 94.3 cm³/mol. The Balaban J connectivity index is 1.60. The lowest BCUT2D eigenvalue weighted by Crippen LogP contribution is -2.41. The van der Waals surface area contributed by atoms with Gasteiger partial charge in [0.25, 0.3) is 11.8 Å². The summed E-state index contributed by atoms with van der Waals surface area (Å²) in [5, 5.41) is 6.82. The van der Waals surface area contributed by atoms with E-state index in [4.69, 9.17) is 9.47 Å². The predicted octanol–water partition coefficient (Wildman–Crippen LogP) is 2.16.